The molecule has 1 rings (SSSR count). The highest BCUT2D eigenvalue weighted by atomic mass is 16.2. The number of hydrogen-bond acceptors (Lipinski definition) is 3. The van der Waals surface area contributed by atoms with Gasteiger partial charge in [0.2, 0.25) is 5.91 Å². The number of amides is 1. The molecular weight excluding hydrogens is 158 g/mol. The maximum absolute atomic E-state index is 11.0. The van der Waals surface area contributed by atoms with Crippen molar-refractivity contribution < 1.29 is 14.4 Å². The Hall–Kier alpha value is -1.45. The fourth-order valence-electron chi connectivity index (χ4n) is 1.08. The molecule has 1 N–H and O–H groups in total. The van der Waals surface area contributed by atoms with Gasteiger partial charge in [-0.2, -0.15) is 0 Å². The Morgan fingerprint density at radius 1 is 1.42 bits per heavy atom. The van der Waals surface area contributed by atoms with Crippen LogP contribution in [0.2, 0.25) is 0 Å². The molecule has 0 spiro atoms. The summed E-state index contributed by atoms with van der Waals surface area (Å²) in [6, 6.07) is -0.921. The molecule has 1 aliphatic carbocycles. The summed E-state index contributed by atoms with van der Waals surface area (Å²) in [5.41, 5.74) is 0. The average molecular weight is 167 g/mol. The highest BCUT2D eigenvalue weighted by Crippen LogP contribution is 2.10. The number of carbonyl (C=O) groups is 3. The summed E-state index contributed by atoms with van der Waals surface area (Å²) in [6.07, 6.45) is 1.51. The molecule has 0 aromatic heterocycles. The Kier molecular flexibility index (Phi) is 2.38. The van der Waals surface area contributed by atoms with Crippen molar-refractivity contribution in [1.29, 1.82) is 0 Å². The van der Waals surface area contributed by atoms with Crippen molar-refractivity contribution >= 4 is 17.5 Å². The normalized spacial score (nSPS) is 18.0. The van der Waals surface area contributed by atoms with Crippen molar-refractivity contribution in [3.05, 3.63) is 12.7 Å². The van der Waals surface area contributed by atoms with Crippen molar-refractivity contribution in [2.45, 2.75) is 18.9 Å². The molecule has 0 aromatic rings. The van der Waals surface area contributed by atoms with E-state index in [1.807, 2.05) is 0 Å². The van der Waals surface area contributed by atoms with Crippen LogP contribution in [0.5, 0.6) is 0 Å². The van der Waals surface area contributed by atoms with E-state index in [0.717, 1.165) is 6.08 Å². The van der Waals surface area contributed by atoms with E-state index in [-0.39, 0.29) is 24.4 Å². The number of carbonyl (C=O) groups excluding carboxylic acids is 3. The molecule has 4 heteroatoms. The van der Waals surface area contributed by atoms with E-state index in [2.05, 4.69) is 11.9 Å². The maximum atomic E-state index is 11.0. The number of hydrogen-bond donors (Lipinski definition) is 1. The van der Waals surface area contributed by atoms with Crippen LogP contribution in [0.3, 0.4) is 0 Å². The third-order valence-corrected chi connectivity index (χ3v) is 1.73. The maximum Gasteiger partial charge on any atom is 0.244 e. The third kappa shape index (κ3) is 1.58. The van der Waals surface area contributed by atoms with Gasteiger partial charge in [0.15, 0.2) is 11.6 Å². The Morgan fingerprint density at radius 3 is 2.33 bits per heavy atom. The van der Waals surface area contributed by atoms with Crippen molar-refractivity contribution in [2.24, 2.45) is 0 Å². The molecule has 1 fully saturated rings. The zero-order chi connectivity index (χ0) is 9.14. The van der Waals surface area contributed by atoms with Crippen LogP contribution in [0.25, 0.3) is 0 Å². The second-order valence-corrected chi connectivity index (χ2v) is 2.58. The topological polar surface area (TPSA) is 63.2 Å². The molecule has 12 heavy (non-hydrogen) atoms. The molecule has 0 saturated heterocycles. The predicted octanol–water partition coefficient (Wildman–Crippen LogP) is -0.411. The van der Waals surface area contributed by atoms with Gasteiger partial charge in [0, 0.05) is 12.8 Å². The number of Topliss-reactive ketones (excluding diaryl/α,β-unsaturated/α-hetero) is 2. The Bertz CT molecular complexity index is 241. The number of rotatable bonds is 2. The fraction of sp³-hybridized carbons (Fsp3) is 0.375. The zero-order valence-electron chi connectivity index (χ0n) is 6.50. The van der Waals surface area contributed by atoms with Gasteiger partial charge in [-0.3, -0.25) is 14.4 Å². The summed E-state index contributed by atoms with van der Waals surface area (Å²) in [5.74, 6) is -0.908. The van der Waals surface area contributed by atoms with Crippen molar-refractivity contribution in [3.8, 4) is 0 Å². The smallest absolute Gasteiger partial charge is 0.244 e. The van der Waals surface area contributed by atoms with Crippen LogP contribution in [0.1, 0.15) is 12.8 Å². The van der Waals surface area contributed by atoms with Crippen LogP contribution >= 0.6 is 0 Å². The van der Waals surface area contributed by atoms with Crippen LogP contribution in [0, 0.1) is 0 Å². The van der Waals surface area contributed by atoms with Gasteiger partial charge in [-0.05, 0) is 6.08 Å². The van der Waals surface area contributed by atoms with Gasteiger partial charge < -0.3 is 5.32 Å². The van der Waals surface area contributed by atoms with Crippen molar-refractivity contribution in [3.63, 3.8) is 0 Å². The van der Waals surface area contributed by atoms with Crippen LogP contribution in [-0.2, 0) is 14.4 Å². The molecule has 0 heterocycles. The standard InChI is InChI=1S/C8H9NO3/c1-2-7(12)9-8-5(10)3-4-6(8)11/h2,8H,1,3-4H2,(H,9,12). The first-order valence-corrected chi connectivity index (χ1v) is 3.63. The molecule has 1 aliphatic rings. The molecular formula is C8H9NO3. The minimum absolute atomic E-state index is 0.213. The predicted molar refractivity (Wildman–Crippen MR) is 41.4 cm³/mol. The zero-order valence-corrected chi connectivity index (χ0v) is 6.50. The number of ketones is 2. The molecule has 0 bridgehead atoms. The third-order valence-electron chi connectivity index (χ3n) is 1.73. The minimum Gasteiger partial charge on any atom is -0.336 e. The molecule has 1 amide bonds. The second kappa shape index (κ2) is 3.30. The van der Waals surface area contributed by atoms with E-state index in [4.69, 9.17) is 0 Å². The van der Waals surface area contributed by atoms with Crippen LogP contribution in [-0.4, -0.2) is 23.5 Å². The van der Waals surface area contributed by atoms with E-state index in [1.54, 1.807) is 0 Å². The Labute approximate surface area is 69.6 Å². The Morgan fingerprint density at radius 2 is 1.92 bits per heavy atom. The van der Waals surface area contributed by atoms with E-state index in [0.29, 0.717) is 0 Å². The summed E-state index contributed by atoms with van der Waals surface area (Å²) < 4.78 is 0. The van der Waals surface area contributed by atoms with Crippen LogP contribution in [0.4, 0.5) is 0 Å². The lowest BCUT2D eigenvalue weighted by atomic mass is 10.2. The highest BCUT2D eigenvalue weighted by molar-refractivity contribution is 6.14. The molecule has 0 radical (unpaired) electrons. The second-order valence-electron chi connectivity index (χ2n) is 2.58. The van der Waals surface area contributed by atoms with E-state index < -0.39 is 11.9 Å². The van der Waals surface area contributed by atoms with Gasteiger partial charge in [0.25, 0.3) is 0 Å². The van der Waals surface area contributed by atoms with E-state index in [9.17, 15) is 14.4 Å². The average Bonchev–Trinajstić information content (AvgIpc) is 2.35. The van der Waals surface area contributed by atoms with Gasteiger partial charge in [-0.1, -0.05) is 6.58 Å². The molecule has 0 unspecified atom stereocenters. The summed E-state index contributed by atoms with van der Waals surface area (Å²) in [4.78, 5) is 32.7. The number of nitrogens with one attached hydrogen (secondary N) is 1. The van der Waals surface area contributed by atoms with Gasteiger partial charge in [-0.25, -0.2) is 0 Å². The first-order valence-electron chi connectivity index (χ1n) is 3.63. The van der Waals surface area contributed by atoms with Gasteiger partial charge >= 0.3 is 0 Å². The lowest BCUT2D eigenvalue weighted by Gasteiger charge is -2.06. The quantitative estimate of drug-likeness (QED) is 0.449. The molecule has 4 nitrogen and oxygen atoms in total. The lowest BCUT2D eigenvalue weighted by Crippen LogP contribution is -2.41. The van der Waals surface area contributed by atoms with Gasteiger partial charge in [0.1, 0.15) is 6.04 Å². The molecule has 64 valence electrons. The Balaban J connectivity index is 2.61. The van der Waals surface area contributed by atoms with Crippen LogP contribution in [0.15, 0.2) is 12.7 Å². The van der Waals surface area contributed by atoms with Gasteiger partial charge in [0.05, 0.1) is 0 Å². The summed E-state index contributed by atoms with van der Waals surface area (Å²) in [7, 11) is 0. The van der Waals surface area contributed by atoms with Crippen LogP contribution < -0.4 is 5.32 Å². The summed E-state index contributed by atoms with van der Waals surface area (Å²) >= 11 is 0. The highest BCUT2D eigenvalue weighted by Gasteiger charge is 2.33. The first-order chi connectivity index (χ1) is 5.65. The van der Waals surface area contributed by atoms with Crippen molar-refractivity contribution in [2.75, 3.05) is 0 Å². The fourth-order valence-corrected chi connectivity index (χ4v) is 1.08. The van der Waals surface area contributed by atoms with E-state index in [1.165, 1.54) is 0 Å². The summed E-state index contributed by atoms with van der Waals surface area (Å²) in [6.45, 7) is 3.22. The van der Waals surface area contributed by atoms with Gasteiger partial charge in [-0.15, -0.1) is 0 Å². The molecule has 1 saturated carbocycles. The van der Waals surface area contributed by atoms with E-state index >= 15 is 0 Å². The molecule has 0 atom stereocenters. The lowest BCUT2D eigenvalue weighted by molar-refractivity contribution is -0.129. The molecule has 0 aromatic carbocycles. The molecule has 0 aliphatic heterocycles. The monoisotopic (exact) mass is 167 g/mol. The summed E-state index contributed by atoms with van der Waals surface area (Å²) in [5, 5.41) is 2.27. The van der Waals surface area contributed by atoms with Crippen molar-refractivity contribution in [1.82, 2.24) is 5.32 Å². The SMILES string of the molecule is C=CC(=O)NC1C(=O)CCC1=O. The first kappa shape index (κ1) is 8.64. The minimum atomic E-state index is -0.921. The largest absolute Gasteiger partial charge is 0.336 e.